The van der Waals surface area contributed by atoms with Crippen LogP contribution in [0.5, 0.6) is 0 Å². The molecule has 0 radical (unpaired) electrons. The Morgan fingerprint density at radius 1 is 1.12 bits per heavy atom. The lowest BCUT2D eigenvalue weighted by Gasteiger charge is -2.28. The van der Waals surface area contributed by atoms with Crippen LogP contribution in [0.4, 0.5) is 11.5 Å². The van der Waals surface area contributed by atoms with Gasteiger partial charge in [-0.1, -0.05) is 55.8 Å². The minimum atomic E-state index is -0.736. The summed E-state index contributed by atoms with van der Waals surface area (Å²) in [5.41, 5.74) is 5.62. The number of rotatable bonds is 9. The van der Waals surface area contributed by atoms with Gasteiger partial charge in [0.05, 0.1) is 0 Å². The summed E-state index contributed by atoms with van der Waals surface area (Å²) in [7, 11) is 1.51. The van der Waals surface area contributed by atoms with Crippen molar-refractivity contribution in [3.05, 3.63) is 61.2 Å². The molecule has 184 valence electrons. The fraction of sp³-hybridized carbons (Fsp3) is 0.417. The predicted molar refractivity (Wildman–Crippen MR) is 139 cm³/mol. The zero-order chi connectivity index (χ0) is 25.6. The topological polar surface area (TPSA) is 121 Å². The van der Waals surface area contributed by atoms with Crippen molar-refractivity contribution in [3.8, 4) is 0 Å². The average Bonchev–Trinajstić information content (AvgIpc) is 2.74. The summed E-state index contributed by atoms with van der Waals surface area (Å²) in [6.07, 6.45) is 3.04. The molecule has 0 atom stereocenters. The van der Waals surface area contributed by atoms with E-state index in [1.54, 1.807) is 6.08 Å². The van der Waals surface area contributed by atoms with E-state index in [0.717, 1.165) is 10.0 Å². The smallest absolute Gasteiger partial charge is 0.330 e. The highest BCUT2D eigenvalue weighted by Crippen LogP contribution is 2.19. The number of carbonyl (C=O) groups is 2. The van der Waals surface area contributed by atoms with Gasteiger partial charge in [-0.25, -0.2) is 4.79 Å². The molecule has 0 saturated carbocycles. The molecular weight excluding hydrogens is 502 g/mol. The zero-order valence-electron chi connectivity index (χ0n) is 20.2. The van der Waals surface area contributed by atoms with Crippen molar-refractivity contribution in [2.24, 2.45) is 11.8 Å². The zero-order valence-corrected chi connectivity index (χ0v) is 21.8. The number of nitrogens with two attached hydrogens (primary N) is 1. The Hall–Kier alpha value is -3.14. The lowest BCUT2D eigenvalue weighted by atomic mass is 10.2. The molecule has 9 nitrogen and oxygen atoms in total. The Bertz CT molecular complexity index is 1170. The largest absolute Gasteiger partial charge is 0.383 e. The van der Waals surface area contributed by atoms with Gasteiger partial charge in [-0.2, -0.15) is 0 Å². The van der Waals surface area contributed by atoms with Crippen molar-refractivity contribution in [3.63, 3.8) is 0 Å². The number of H-pyrrole nitrogens is 1. The van der Waals surface area contributed by atoms with E-state index in [2.05, 4.69) is 20.9 Å². The highest BCUT2D eigenvalue weighted by atomic mass is 79.9. The van der Waals surface area contributed by atoms with Crippen LogP contribution in [0.3, 0.4) is 0 Å². The first-order valence-corrected chi connectivity index (χ1v) is 11.8. The van der Waals surface area contributed by atoms with E-state index in [0.29, 0.717) is 0 Å². The third kappa shape index (κ3) is 7.18. The predicted octanol–water partition coefficient (Wildman–Crippen LogP) is 2.70. The Balaban J connectivity index is 2.31. The molecule has 0 aliphatic rings. The van der Waals surface area contributed by atoms with E-state index < -0.39 is 17.2 Å². The summed E-state index contributed by atoms with van der Waals surface area (Å²) in [5, 5.41) is 0. The molecule has 0 bridgehead atoms. The molecule has 0 fully saturated rings. The number of hydrogen-bond donors (Lipinski definition) is 2. The van der Waals surface area contributed by atoms with Gasteiger partial charge in [-0.15, -0.1) is 0 Å². The normalized spacial score (nSPS) is 11.4. The average molecular weight is 534 g/mol. The van der Waals surface area contributed by atoms with E-state index in [1.165, 1.54) is 27.5 Å². The molecular formula is C24H32BrN5O4. The Morgan fingerprint density at radius 2 is 1.74 bits per heavy atom. The van der Waals surface area contributed by atoms with Gasteiger partial charge in [0.15, 0.2) is 5.69 Å². The van der Waals surface area contributed by atoms with Gasteiger partial charge in [0.1, 0.15) is 12.4 Å². The minimum absolute atomic E-state index is 0.00605. The maximum absolute atomic E-state index is 13.2. The summed E-state index contributed by atoms with van der Waals surface area (Å²) in [6, 6.07) is 7.43. The summed E-state index contributed by atoms with van der Waals surface area (Å²) >= 11 is 3.36. The van der Waals surface area contributed by atoms with Crippen LogP contribution in [-0.2, 0) is 16.1 Å². The van der Waals surface area contributed by atoms with Gasteiger partial charge < -0.3 is 15.5 Å². The number of aromatic nitrogens is 2. The molecule has 10 heteroatoms. The fourth-order valence-corrected chi connectivity index (χ4v) is 3.57. The summed E-state index contributed by atoms with van der Waals surface area (Å²) in [5.74, 6) is -0.817. The van der Waals surface area contributed by atoms with E-state index in [4.69, 9.17) is 5.73 Å². The van der Waals surface area contributed by atoms with Crippen LogP contribution in [-0.4, -0.2) is 46.4 Å². The number of halogens is 1. The van der Waals surface area contributed by atoms with E-state index in [9.17, 15) is 19.2 Å². The molecule has 1 aromatic heterocycles. The van der Waals surface area contributed by atoms with Crippen LogP contribution in [0.25, 0.3) is 6.08 Å². The molecule has 0 spiro atoms. The molecule has 0 aliphatic heterocycles. The minimum Gasteiger partial charge on any atom is -0.383 e. The maximum atomic E-state index is 13.2. The number of anilines is 2. The number of likely N-dealkylation sites (N-methyl/N-ethyl adjacent to an activating group) is 1. The second kappa shape index (κ2) is 11.8. The van der Waals surface area contributed by atoms with Crippen molar-refractivity contribution in [2.75, 3.05) is 30.8 Å². The first-order chi connectivity index (χ1) is 15.9. The van der Waals surface area contributed by atoms with Crippen LogP contribution < -0.4 is 21.9 Å². The number of carbonyl (C=O) groups excluding carboxylic acids is 2. The van der Waals surface area contributed by atoms with Gasteiger partial charge in [0, 0.05) is 30.7 Å². The van der Waals surface area contributed by atoms with Crippen molar-refractivity contribution in [1.29, 1.82) is 0 Å². The van der Waals surface area contributed by atoms with Gasteiger partial charge in [0.2, 0.25) is 11.8 Å². The van der Waals surface area contributed by atoms with E-state index >= 15 is 0 Å². The van der Waals surface area contributed by atoms with Crippen LogP contribution in [0.15, 0.2) is 44.4 Å². The highest BCUT2D eigenvalue weighted by molar-refractivity contribution is 9.10. The Kier molecular flexibility index (Phi) is 9.43. The van der Waals surface area contributed by atoms with Gasteiger partial charge >= 0.3 is 5.69 Å². The number of nitrogen functional groups attached to an aromatic ring is 1. The number of aromatic amines is 1. The molecule has 2 aromatic rings. The van der Waals surface area contributed by atoms with Crippen molar-refractivity contribution < 1.29 is 9.59 Å². The van der Waals surface area contributed by atoms with Crippen LogP contribution in [0.2, 0.25) is 0 Å². The molecule has 34 heavy (non-hydrogen) atoms. The SMILES string of the molecule is CC(C)CN(C(=O)CN(C)C(=O)C=Cc1ccc(Br)cc1)c1c(N)n(CC(C)C)c(=O)[nH]c1=O. The van der Waals surface area contributed by atoms with Gasteiger partial charge in [-0.05, 0) is 35.6 Å². The first-order valence-electron chi connectivity index (χ1n) is 11.0. The molecule has 0 unspecified atom stereocenters. The quantitative estimate of drug-likeness (QED) is 0.480. The molecule has 1 heterocycles. The summed E-state index contributed by atoms with van der Waals surface area (Å²) < 4.78 is 2.19. The number of amides is 2. The van der Waals surface area contributed by atoms with Crippen LogP contribution >= 0.6 is 15.9 Å². The Morgan fingerprint density at radius 3 is 2.29 bits per heavy atom. The molecule has 0 aliphatic carbocycles. The fourth-order valence-electron chi connectivity index (χ4n) is 3.30. The molecule has 3 N–H and O–H groups in total. The summed E-state index contributed by atoms with van der Waals surface area (Å²) in [6.45, 7) is 7.83. The third-order valence-electron chi connectivity index (χ3n) is 4.92. The van der Waals surface area contributed by atoms with Crippen molar-refractivity contribution in [1.82, 2.24) is 14.5 Å². The monoisotopic (exact) mass is 533 g/mol. The van der Waals surface area contributed by atoms with E-state index in [1.807, 2.05) is 52.0 Å². The maximum Gasteiger partial charge on any atom is 0.330 e. The van der Waals surface area contributed by atoms with E-state index in [-0.39, 0.29) is 48.9 Å². The molecule has 0 saturated heterocycles. The third-order valence-corrected chi connectivity index (χ3v) is 5.45. The van der Waals surface area contributed by atoms with Gasteiger partial charge in [0.25, 0.3) is 5.56 Å². The second-order valence-electron chi connectivity index (χ2n) is 8.97. The highest BCUT2D eigenvalue weighted by Gasteiger charge is 2.26. The molecule has 2 amide bonds. The first kappa shape index (κ1) is 27.1. The summed E-state index contributed by atoms with van der Waals surface area (Å²) in [4.78, 5) is 55.6. The number of benzene rings is 1. The van der Waals surface area contributed by atoms with Crippen LogP contribution in [0.1, 0.15) is 33.3 Å². The lowest BCUT2D eigenvalue weighted by Crippen LogP contribution is -2.46. The molecule has 2 rings (SSSR count). The van der Waals surface area contributed by atoms with Crippen molar-refractivity contribution in [2.45, 2.75) is 34.2 Å². The Labute approximate surface area is 207 Å². The van der Waals surface area contributed by atoms with Crippen molar-refractivity contribution >= 4 is 45.3 Å². The van der Waals surface area contributed by atoms with Crippen LogP contribution in [0, 0.1) is 11.8 Å². The second-order valence-corrected chi connectivity index (χ2v) is 9.89. The standard InChI is InChI=1S/C24H32BrN5O4/c1-15(2)12-29(21-22(26)30(13-16(3)4)24(34)27-23(21)33)20(32)14-28(5)19(31)11-8-17-6-9-18(25)10-7-17/h6-11,15-16H,12-14,26H2,1-5H3,(H,27,33,34). The number of nitrogens with one attached hydrogen (secondary N) is 1. The molecule has 1 aromatic carbocycles. The van der Waals surface area contributed by atoms with Gasteiger partial charge in [-0.3, -0.25) is 23.9 Å². The number of nitrogens with zero attached hydrogens (tertiary/aromatic N) is 3. The lowest BCUT2D eigenvalue weighted by molar-refractivity contribution is -0.130. The number of hydrogen-bond acceptors (Lipinski definition) is 5.